The maximum absolute atomic E-state index is 2.43. The van der Waals surface area contributed by atoms with Gasteiger partial charge < -0.3 is 9.80 Å². The molecular formula is C80H74N2. The summed E-state index contributed by atoms with van der Waals surface area (Å²) in [5.74, 6) is 0. The van der Waals surface area contributed by atoms with E-state index in [-0.39, 0.29) is 0 Å². The van der Waals surface area contributed by atoms with E-state index in [1.54, 1.807) is 0 Å². The minimum Gasteiger partial charge on any atom is -0.310 e. The molecule has 2 heteroatoms. The Balaban J connectivity index is 0.943. The second-order valence-corrected chi connectivity index (χ2v) is 21.7. The SMILES string of the molecule is CC(=C(C=Cc1ccccc1C)c1ccccc1)c1ccc(N(c2ccc(-c3ccc(N(c4ccc(C=CC=CC=C(c5ccccc5)c5ccccc5)cc4)c4cc(C)c(C)c(C)c4C)cc3)cc2)c2cc(C)c(C)c(C)c2C)cc1. The molecule has 0 aliphatic carbocycles. The Hall–Kier alpha value is -9.50. The van der Waals surface area contributed by atoms with E-state index in [9.17, 15) is 0 Å². The summed E-state index contributed by atoms with van der Waals surface area (Å²) in [6.45, 7) is 22.3. The fraction of sp³-hybridized carbons (Fsp3) is 0.125. The molecule has 10 aromatic carbocycles. The van der Waals surface area contributed by atoms with Gasteiger partial charge in [0.1, 0.15) is 0 Å². The van der Waals surface area contributed by atoms with Gasteiger partial charge in [-0.3, -0.25) is 0 Å². The van der Waals surface area contributed by atoms with Crippen molar-refractivity contribution in [3.05, 3.63) is 338 Å². The van der Waals surface area contributed by atoms with Gasteiger partial charge in [0, 0.05) is 34.1 Å². The van der Waals surface area contributed by atoms with Crippen LogP contribution in [0.15, 0.2) is 255 Å². The van der Waals surface area contributed by atoms with Crippen molar-refractivity contribution in [1.29, 1.82) is 0 Å². The number of aryl methyl sites for hydroxylation is 3. The van der Waals surface area contributed by atoms with E-state index in [0.29, 0.717) is 0 Å². The number of hydrogen-bond donors (Lipinski definition) is 0. The molecule has 2 nitrogen and oxygen atoms in total. The van der Waals surface area contributed by atoms with Crippen LogP contribution in [0, 0.1) is 62.3 Å². The van der Waals surface area contributed by atoms with Crippen LogP contribution in [0.3, 0.4) is 0 Å². The smallest absolute Gasteiger partial charge is 0.0496 e. The highest BCUT2D eigenvalue weighted by Crippen LogP contribution is 2.43. The number of nitrogens with zero attached hydrogens (tertiary/aromatic N) is 2. The van der Waals surface area contributed by atoms with Gasteiger partial charge in [-0.25, -0.2) is 0 Å². The Labute approximate surface area is 488 Å². The van der Waals surface area contributed by atoms with Gasteiger partial charge in [-0.15, -0.1) is 0 Å². The van der Waals surface area contributed by atoms with Gasteiger partial charge in [0.05, 0.1) is 0 Å². The summed E-state index contributed by atoms with van der Waals surface area (Å²) in [6.07, 6.45) is 15.2. The van der Waals surface area contributed by atoms with Gasteiger partial charge in [-0.05, 0) is 241 Å². The molecule has 0 N–H and O–H groups in total. The van der Waals surface area contributed by atoms with Crippen LogP contribution >= 0.6 is 0 Å². The highest BCUT2D eigenvalue weighted by Gasteiger charge is 2.21. The molecule has 0 aliphatic heterocycles. The van der Waals surface area contributed by atoms with Crippen molar-refractivity contribution >= 4 is 63.0 Å². The van der Waals surface area contributed by atoms with E-state index in [2.05, 4.69) is 346 Å². The van der Waals surface area contributed by atoms with E-state index in [1.165, 1.54) is 106 Å². The second kappa shape index (κ2) is 25.3. The average Bonchev–Trinajstić information content (AvgIpc) is 3.55. The molecule has 82 heavy (non-hydrogen) atoms. The van der Waals surface area contributed by atoms with Gasteiger partial charge in [0.2, 0.25) is 0 Å². The van der Waals surface area contributed by atoms with E-state index in [1.807, 2.05) is 0 Å². The molecule has 0 saturated carbocycles. The lowest BCUT2D eigenvalue weighted by atomic mass is 9.94. The quantitative estimate of drug-likeness (QED) is 0.0703. The van der Waals surface area contributed by atoms with Gasteiger partial charge in [-0.2, -0.15) is 0 Å². The van der Waals surface area contributed by atoms with Crippen LogP contribution in [0.4, 0.5) is 34.1 Å². The van der Waals surface area contributed by atoms with E-state index >= 15 is 0 Å². The third kappa shape index (κ3) is 12.3. The van der Waals surface area contributed by atoms with E-state index < -0.39 is 0 Å². The molecule has 0 spiro atoms. The minimum atomic E-state index is 1.11. The zero-order chi connectivity index (χ0) is 57.3. The maximum Gasteiger partial charge on any atom is 0.0496 e. The molecule has 0 saturated heterocycles. The molecule has 0 fully saturated rings. The van der Waals surface area contributed by atoms with Crippen molar-refractivity contribution in [1.82, 2.24) is 0 Å². The van der Waals surface area contributed by atoms with Gasteiger partial charge >= 0.3 is 0 Å². The Morgan fingerprint density at radius 2 is 0.744 bits per heavy atom. The zero-order valence-electron chi connectivity index (χ0n) is 49.3. The van der Waals surface area contributed by atoms with Crippen molar-refractivity contribution in [3.63, 3.8) is 0 Å². The van der Waals surface area contributed by atoms with Gasteiger partial charge in [0.25, 0.3) is 0 Å². The van der Waals surface area contributed by atoms with Crippen LogP contribution in [-0.2, 0) is 0 Å². The number of rotatable bonds is 16. The van der Waals surface area contributed by atoms with Crippen LogP contribution in [-0.4, -0.2) is 0 Å². The van der Waals surface area contributed by atoms with Crippen molar-refractivity contribution in [3.8, 4) is 11.1 Å². The highest BCUT2D eigenvalue weighted by atomic mass is 15.1. The summed E-state index contributed by atoms with van der Waals surface area (Å²) >= 11 is 0. The normalized spacial score (nSPS) is 11.8. The summed E-state index contributed by atoms with van der Waals surface area (Å²) < 4.78 is 0. The first-order chi connectivity index (χ1) is 39.8. The summed E-state index contributed by atoms with van der Waals surface area (Å²) in [5.41, 5.74) is 31.6. The number of anilines is 6. The molecule has 0 radical (unpaired) electrons. The molecule has 0 aromatic heterocycles. The number of allylic oxidation sites excluding steroid dienone is 7. The third-order valence-electron chi connectivity index (χ3n) is 16.7. The molecular weight excluding hydrogens is 989 g/mol. The van der Waals surface area contributed by atoms with E-state index in [4.69, 9.17) is 0 Å². The predicted octanol–water partition coefficient (Wildman–Crippen LogP) is 22.4. The van der Waals surface area contributed by atoms with Crippen LogP contribution in [0.25, 0.3) is 40.0 Å². The molecule has 0 bridgehead atoms. The van der Waals surface area contributed by atoms with Crippen LogP contribution in [0.5, 0.6) is 0 Å². The van der Waals surface area contributed by atoms with Crippen LogP contribution < -0.4 is 9.80 Å². The molecule has 404 valence electrons. The summed E-state index contributed by atoms with van der Waals surface area (Å²) in [4.78, 5) is 4.84. The lowest BCUT2D eigenvalue weighted by Crippen LogP contribution is -2.13. The first-order valence-electron chi connectivity index (χ1n) is 28.7. The number of hydrogen-bond acceptors (Lipinski definition) is 2. The van der Waals surface area contributed by atoms with E-state index in [0.717, 1.165) is 39.4 Å². The monoisotopic (exact) mass is 1060 g/mol. The lowest BCUT2D eigenvalue weighted by Gasteiger charge is -2.29. The van der Waals surface area contributed by atoms with Crippen molar-refractivity contribution in [2.45, 2.75) is 69.2 Å². The van der Waals surface area contributed by atoms with Crippen LogP contribution in [0.2, 0.25) is 0 Å². The van der Waals surface area contributed by atoms with Crippen molar-refractivity contribution in [2.24, 2.45) is 0 Å². The standard InChI is InChI=1S/C80H74N2/c1-55-25-23-24-27-66(55)43-52-77(70-28-16-12-17-29-70)64(10)67-37-46-74(47-38-67)82(80-54-57(3)59(5)61(7)63(80)9)76-50-41-69(42-51-76)68-39-48-75(49-40-68)81(79-53-56(2)58(4)60(6)62(79)8)73-44-35-65(36-45-73)26-15-11-22-34-78(71-30-18-13-19-31-71)72-32-20-14-21-33-72/h11-54H,1-10H3. The summed E-state index contributed by atoms with van der Waals surface area (Å²) in [7, 11) is 0. The molecule has 0 unspecified atom stereocenters. The molecule has 0 aliphatic rings. The Kier molecular flexibility index (Phi) is 17.2. The predicted molar refractivity (Wildman–Crippen MR) is 356 cm³/mol. The Morgan fingerprint density at radius 1 is 0.329 bits per heavy atom. The average molecular weight is 1060 g/mol. The minimum absolute atomic E-state index is 1.11. The summed E-state index contributed by atoms with van der Waals surface area (Å²) in [5, 5.41) is 0. The molecule has 0 amide bonds. The first-order valence-corrected chi connectivity index (χ1v) is 28.7. The zero-order valence-corrected chi connectivity index (χ0v) is 49.3. The maximum atomic E-state index is 2.43. The lowest BCUT2D eigenvalue weighted by molar-refractivity contribution is 1.17. The molecule has 0 atom stereocenters. The van der Waals surface area contributed by atoms with Crippen molar-refractivity contribution in [2.75, 3.05) is 9.80 Å². The topological polar surface area (TPSA) is 6.48 Å². The third-order valence-corrected chi connectivity index (χ3v) is 16.7. The Morgan fingerprint density at radius 3 is 1.21 bits per heavy atom. The fourth-order valence-electron chi connectivity index (χ4n) is 11.0. The first kappa shape index (κ1) is 55.8. The number of benzene rings is 10. The largest absolute Gasteiger partial charge is 0.310 e. The van der Waals surface area contributed by atoms with Gasteiger partial charge in [-0.1, -0.05) is 206 Å². The Bertz CT molecular complexity index is 3960. The second-order valence-electron chi connectivity index (χ2n) is 21.7. The van der Waals surface area contributed by atoms with Gasteiger partial charge in [0.15, 0.2) is 0 Å². The molecule has 0 heterocycles. The summed E-state index contributed by atoms with van der Waals surface area (Å²) in [6, 6.07) is 81.3. The van der Waals surface area contributed by atoms with Crippen LogP contribution in [0.1, 0.15) is 90.4 Å². The molecule has 10 aromatic rings. The molecule has 10 rings (SSSR count). The van der Waals surface area contributed by atoms with Crippen molar-refractivity contribution < 1.29 is 0 Å². The highest BCUT2D eigenvalue weighted by molar-refractivity contribution is 5.97. The fourth-order valence-corrected chi connectivity index (χ4v) is 11.0.